The van der Waals surface area contributed by atoms with Crippen LogP contribution >= 0.6 is 0 Å². The molecule has 5 heteroatoms. The molecule has 0 rings (SSSR count). The third-order valence-corrected chi connectivity index (χ3v) is 7.04. The van der Waals surface area contributed by atoms with Gasteiger partial charge in [-0.1, -0.05) is 0 Å². The first-order valence-corrected chi connectivity index (χ1v) is 10.4. The second kappa shape index (κ2) is 12.6. The van der Waals surface area contributed by atoms with Crippen LogP contribution in [0.4, 0.5) is 0 Å². The van der Waals surface area contributed by atoms with Crippen LogP contribution in [0.15, 0.2) is 0 Å². The van der Waals surface area contributed by atoms with Crippen molar-refractivity contribution in [3.05, 3.63) is 0 Å². The fraction of sp³-hybridized carbons (Fsp3) is 1.00. The maximum absolute atomic E-state index is 6.03. The van der Waals surface area contributed by atoms with Crippen molar-refractivity contribution in [2.24, 2.45) is 5.73 Å². The summed E-state index contributed by atoms with van der Waals surface area (Å²) in [5.41, 5.74) is 5.56. The van der Waals surface area contributed by atoms with Crippen molar-refractivity contribution < 1.29 is 27.7 Å². The van der Waals surface area contributed by atoms with Gasteiger partial charge in [-0.3, -0.25) is 0 Å². The van der Waals surface area contributed by atoms with E-state index in [4.69, 9.17) is 15.7 Å². The molecular formula is C13H31NO3Ti. The Hall–Kier alpha value is 0.554. The Morgan fingerprint density at radius 3 is 1.56 bits per heavy atom. The molecule has 2 N–H and O–H groups in total. The Labute approximate surface area is 117 Å². The summed E-state index contributed by atoms with van der Waals surface area (Å²) in [6.07, 6.45) is 5.10. The van der Waals surface area contributed by atoms with Gasteiger partial charge in [-0.05, 0) is 0 Å². The molecule has 0 amide bonds. The molecule has 0 heterocycles. The maximum atomic E-state index is 6.03. The number of hydrogen-bond donors (Lipinski definition) is 1. The van der Waals surface area contributed by atoms with Crippen LogP contribution < -0.4 is 5.73 Å². The number of nitrogens with two attached hydrogens (primary N) is 1. The van der Waals surface area contributed by atoms with Crippen molar-refractivity contribution in [2.75, 3.05) is 26.4 Å². The quantitative estimate of drug-likeness (QED) is 0.418. The Morgan fingerprint density at radius 1 is 0.778 bits per heavy atom. The van der Waals surface area contributed by atoms with Gasteiger partial charge >= 0.3 is 117 Å². The molecule has 0 saturated carbocycles. The van der Waals surface area contributed by atoms with Gasteiger partial charge in [0, 0.05) is 0 Å². The van der Waals surface area contributed by atoms with Crippen LogP contribution in [-0.4, -0.2) is 26.4 Å². The monoisotopic (exact) mass is 297 g/mol. The number of unbranched alkanes of at least 4 members (excludes halogenated alkanes) is 1. The molecule has 0 aromatic carbocycles. The molecule has 0 aromatic heterocycles. The summed E-state index contributed by atoms with van der Waals surface area (Å²) in [5.74, 6) is 0. The van der Waals surface area contributed by atoms with Crippen molar-refractivity contribution in [3.63, 3.8) is 0 Å². The van der Waals surface area contributed by atoms with E-state index in [1.807, 2.05) is 0 Å². The van der Waals surface area contributed by atoms with Crippen LogP contribution in [0.1, 0.15) is 52.9 Å². The predicted octanol–water partition coefficient (Wildman–Crippen LogP) is 3.32. The molecule has 0 atom stereocenters. The van der Waals surface area contributed by atoms with Gasteiger partial charge in [0.1, 0.15) is 0 Å². The van der Waals surface area contributed by atoms with E-state index in [2.05, 4.69) is 20.8 Å². The van der Waals surface area contributed by atoms with Crippen molar-refractivity contribution in [3.8, 4) is 0 Å². The summed E-state index contributed by atoms with van der Waals surface area (Å²) in [6, 6.07) is 0. The van der Waals surface area contributed by atoms with E-state index < -0.39 is 17.8 Å². The summed E-state index contributed by atoms with van der Waals surface area (Å²) >= 11 is -3.01. The molecule has 18 heavy (non-hydrogen) atoms. The fourth-order valence-electron chi connectivity index (χ4n) is 1.60. The molecule has 0 spiro atoms. The Bertz CT molecular complexity index is 160. The molecule has 0 saturated heterocycles. The zero-order valence-electron chi connectivity index (χ0n) is 12.4. The average molecular weight is 297 g/mol. The predicted molar refractivity (Wildman–Crippen MR) is 71.8 cm³/mol. The van der Waals surface area contributed by atoms with Crippen LogP contribution in [0.2, 0.25) is 4.73 Å². The summed E-state index contributed by atoms with van der Waals surface area (Å²) in [4.78, 5) is 0. The number of rotatable bonds is 13. The molecule has 0 aliphatic carbocycles. The molecule has 4 nitrogen and oxygen atoms in total. The van der Waals surface area contributed by atoms with Crippen LogP contribution in [-0.2, 0) is 27.7 Å². The van der Waals surface area contributed by atoms with E-state index >= 15 is 0 Å². The Balaban J connectivity index is 4.41. The fourth-order valence-corrected chi connectivity index (χ4v) is 6.15. The van der Waals surface area contributed by atoms with Crippen LogP contribution in [0.25, 0.3) is 0 Å². The third kappa shape index (κ3) is 8.62. The van der Waals surface area contributed by atoms with Gasteiger partial charge in [-0.2, -0.15) is 0 Å². The van der Waals surface area contributed by atoms with Gasteiger partial charge in [0.2, 0.25) is 0 Å². The van der Waals surface area contributed by atoms with E-state index in [0.29, 0.717) is 0 Å². The molecule has 0 aromatic rings. The Kier molecular flexibility index (Phi) is 13.0. The molecule has 0 fully saturated rings. The third-order valence-electron chi connectivity index (χ3n) is 2.52. The summed E-state index contributed by atoms with van der Waals surface area (Å²) in [7, 11) is 0. The van der Waals surface area contributed by atoms with E-state index in [-0.39, 0.29) is 0 Å². The molecule has 0 aliphatic rings. The van der Waals surface area contributed by atoms with Crippen molar-refractivity contribution in [1.82, 2.24) is 0 Å². The summed E-state index contributed by atoms with van der Waals surface area (Å²) < 4.78 is 19.0. The second-order valence-electron chi connectivity index (χ2n) is 4.47. The first-order chi connectivity index (χ1) is 8.74. The normalized spacial score (nSPS) is 12.0. The molecule has 0 aliphatic heterocycles. The van der Waals surface area contributed by atoms with E-state index in [1.54, 1.807) is 0 Å². The minimum absolute atomic E-state index is 0.730. The van der Waals surface area contributed by atoms with E-state index in [9.17, 15) is 0 Å². The van der Waals surface area contributed by atoms with Crippen molar-refractivity contribution in [1.29, 1.82) is 0 Å². The van der Waals surface area contributed by atoms with Crippen LogP contribution in [0, 0.1) is 0 Å². The first kappa shape index (κ1) is 18.6. The zero-order valence-corrected chi connectivity index (χ0v) is 13.9. The molecule has 0 bridgehead atoms. The van der Waals surface area contributed by atoms with E-state index in [1.165, 1.54) is 0 Å². The van der Waals surface area contributed by atoms with Crippen molar-refractivity contribution in [2.45, 2.75) is 57.6 Å². The summed E-state index contributed by atoms with van der Waals surface area (Å²) in [5, 5.41) is 0. The zero-order chi connectivity index (χ0) is 13.7. The van der Waals surface area contributed by atoms with Crippen LogP contribution in [0.3, 0.4) is 0 Å². The minimum atomic E-state index is -3.01. The summed E-state index contributed by atoms with van der Waals surface area (Å²) in [6.45, 7) is 9.32. The molecular weight excluding hydrogens is 266 g/mol. The van der Waals surface area contributed by atoms with Gasteiger partial charge in [0.15, 0.2) is 0 Å². The van der Waals surface area contributed by atoms with Gasteiger partial charge in [0.05, 0.1) is 0 Å². The Morgan fingerprint density at radius 2 is 1.22 bits per heavy atom. The van der Waals surface area contributed by atoms with Crippen LogP contribution in [0.5, 0.6) is 0 Å². The standard InChI is InChI=1S/C4H10N.3C3H7O.Ti/c1-2-3-4-5;3*1-2-3-4;/h1-5H2;3*2-3H2,1H3;/q;3*-1;+3. The topological polar surface area (TPSA) is 53.7 Å². The average Bonchev–Trinajstić information content (AvgIpc) is 2.40. The first-order valence-electron chi connectivity index (χ1n) is 7.36. The SMILES string of the molecule is CCC[O][Ti]([CH2]CCCN)([O]CCC)[O]CCC. The molecule has 110 valence electrons. The van der Waals surface area contributed by atoms with Crippen molar-refractivity contribution >= 4 is 0 Å². The van der Waals surface area contributed by atoms with E-state index in [0.717, 1.165) is 63.2 Å². The number of hydrogen-bond acceptors (Lipinski definition) is 4. The molecule has 0 radical (unpaired) electrons. The van der Waals surface area contributed by atoms with Gasteiger partial charge in [-0.15, -0.1) is 0 Å². The molecule has 0 unspecified atom stereocenters. The second-order valence-corrected chi connectivity index (χ2v) is 8.74. The van der Waals surface area contributed by atoms with Gasteiger partial charge < -0.3 is 0 Å². The van der Waals surface area contributed by atoms with Gasteiger partial charge in [0.25, 0.3) is 0 Å². The van der Waals surface area contributed by atoms with Gasteiger partial charge in [-0.25, -0.2) is 0 Å².